The Morgan fingerprint density at radius 2 is 2.04 bits per heavy atom. The summed E-state index contributed by atoms with van der Waals surface area (Å²) in [5.74, 6) is 1.65. The predicted molar refractivity (Wildman–Crippen MR) is 108 cm³/mol. The minimum Gasteiger partial charge on any atom is -0.334 e. The molecule has 2 N–H and O–H groups in total. The predicted octanol–water partition coefficient (Wildman–Crippen LogP) is 3.30. The number of rotatable bonds is 6. The van der Waals surface area contributed by atoms with Crippen LogP contribution in [0.2, 0.25) is 10.0 Å². The molecular formula is C16H22Cl3N3O2S. The van der Waals surface area contributed by atoms with Gasteiger partial charge in [0.05, 0.1) is 22.3 Å². The molecule has 0 saturated carbocycles. The number of benzene rings is 1. The molecule has 0 radical (unpaired) electrons. The maximum Gasteiger partial charge on any atom is 0.244 e. The molecule has 140 valence electrons. The van der Waals surface area contributed by atoms with Crippen LogP contribution in [0.1, 0.15) is 13.3 Å². The lowest BCUT2D eigenvalue weighted by molar-refractivity contribution is -0.134. The van der Waals surface area contributed by atoms with Crippen molar-refractivity contribution in [2.75, 3.05) is 36.5 Å². The van der Waals surface area contributed by atoms with Crippen molar-refractivity contribution >= 4 is 64.9 Å². The van der Waals surface area contributed by atoms with Gasteiger partial charge in [0, 0.05) is 37.1 Å². The molecule has 9 heteroatoms. The number of hydrogen-bond acceptors (Lipinski definition) is 4. The van der Waals surface area contributed by atoms with Crippen LogP contribution in [0.5, 0.6) is 0 Å². The second-order valence-electron chi connectivity index (χ2n) is 5.48. The SMILES string of the molecule is CCN(CC(=O)Nc1c(Cl)cccc1Cl)C(=O)CC1CSCCN1.Cl. The van der Waals surface area contributed by atoms with E-state index in [0.29, 0.717) is 28.7 Å². The first-order chi connectivity index (χ1) is 11.5. The standard InChI is InChI=1S/C16H21Cl2N3O2S.ClH/c1-2-21(15(23)8-11-10-24-7-6-19-11)9-14(22)20-16-12(17)4-3-5-13(16)18;/h3-5,11,19H,2,6-10H2,1H3,(H,20,22);1H. The molecule has 1 aromatic carbocycles. The molecule has 0 aliphatic carbocycles. The Labute approximate surface area is 168 Å². The highest BCUT2D eigenvalue weighted by molar-refractivity contribution is 7.99. The largest absolute Gasteiger partial charge is 0.334 e. The van der Waals surface area contributed by atoms with Gasteiger partial charge in [-0.2, -0.15) is 11.8 Å². The summed E-state index contributed by atoms with van der Waals surface area (Å²) >= 11 is 13.9. The molecule has 1 heterocycles. The number of para-hydroxylation sites is 1. The molecule has 1 fully saturated rings. The maximum absolute atomic E-state index is 12.4. The maximum atomic E-state index is 12.4. The molecule has 1 saturated heterocycles. The van der Waals surface area contributed by atoms with Gasteiger partial charge in [0.2, 0.25) is 11.8 Å². The van der Waals surface area contributed by atoms with E-state index in [9.17, 15) is 9.59 Å². The molecule has 5 nitrogen and oxygen atoms in total. The molecule has 0 bridgehead atoms. The fourth-order valence-corrected chi connectivity index (χ4v) is 3.88. The number of anilines is 1. The average molecular weight is 427 g/mol. The van der Waals surface area contributed by atoms with Gasteiger partial charge in [-0.25, -0.2) is 0 Å². The number of carbonyl (C=O) groups is 2. The van der Waals surface area contributed by atoms with E-state index in [-0.39, 0.29) is 36.8 Å². The Bertz CT molecular complexity index is 578. The van der Waals surface area contributed by atoms with Crippen molar-refractivity contribution in [2.45, 2.75) is 19.4 Å². The summed E-state index contributed by atoms with van der Waals surface area (Å²) in [5, 5.41) is 6.76. The third kappa shape index (κ3) is 6.87. The van der Waals surface area contributed by atoms with Crippen LogP contribution in [0.4, 0.5) is 5.69 Å². The molecular weight excluding hydrogens is 405 g/mol. The van der Waals surface area contributed by atoms with Crippen molar-refractivity contribution in [3.05, 3.63) is 28.2 Å². The van der Waals surface area contributed by atoms with E-state index in [1.807, 2.05) is 18.7 Å². The number of halogens is 3. The molecule has 2 rings (SSSR count). The topological polar surface area (TPSA) is 61.4 Å². The van der Waals surface area contributed by atoms with Crippen LogP contribution in [0, 0.1) is 0 Å². The van der Waals surface area contributed by atoms with E-state index < -0.39 is 0 Å². The van der Waals surface area contributed by atoms with Gasteiger partial charge in [0.15, 0.2) is 0 Å². The zero-order valence-electron chi connectivity index (χ0n) is 13.9. The lowest BCUT2D eigenvalue weighted by atomic mass is 10.2. The summed E-state index contributed by atoms with van der Waals surface area (Å²) in [4.78, 5) is 26.2. The zero-order valence-corrected chi connectivity index (χ0v) is 17.0. The average Bonchev–Trinajstić information content (AvgIpc) is 2.57. The second-order valence-corrected chi connectivity index (χ2v) is 7.45. The first-order valence-corrected chi connectivity index (χ1v) is 9.75. The Morgan fingerprint density at radius 1 is 1.36 bits per heavy atom. The number of hydrogen-bond donors (Lipinski definition) is 2. The Hall–Kier alpha value is -0.660. The van der Waals surface area contributed by atoms with E-state index in [0.717, 1.165) is 18.1 Å². The fourth-order valence-electron chi connectivity index (χ4n) is 2.44. The first kappa shape index (κ1) is 22.4. The number of thioether (sulfide) groups is 1. The molecule has 1 aromatic rings. The zero-order chi connectivity index (χ0) is 17.5. The third-order valence-corrected chi connectivity index (χ3v) is 5.48. The molecule has 1 unspecified atom stereocenters. The van der Waals surface area contributed by atoms with E-state index in [2.05, 4.69) is 10.6 Å². The number of amides is 2. The quantitative estimate of drug-likeness (QED) is 0.733. The van der Waals surface area contributed by atoms with Gasteiger partial charge >= 0.3 is 0 Å². The Balaban J connectivity index is 0.00000312. The van der Waals surface area contributed by atoms with Gasteiger partial charge in [0.1, 0.15) is 0 Å². The molecule has 1 atom stereocenters. The van der Waals surface area contributed by atoms with E-state index in [1.165, 1.54) is 0 Å². The molecule has 1 aliphatic rings. The van der Waals surface area contributed by atoms with Gasteiger partial charge in [-0.1, -0.05) is 29.3 Å². The highest BCUT2D eigenvalue weighted by Crippen LogP contribution is 2.29. The highest BCUT2D eigenvalue weighted by Gasteiger charge is 2.22. The molecule has 0 aromatic heterocycles. The van der Waals surface area contributed by atoms with Crippen molar-refractivity contribution < 1.29 is 9.59 Å². The van der Waals surface area contributed by atoms with Gasteiger partial charge in [0.25, 0.3) is 0 Å². The van der Waals surface area contributed by atoms with Crippen molar-refractivity contribution in [3.63, 3.8) is 0 Å². The smallest absolute Gasteiger partial charge is 0.244 e. The van der Waals surface area contributed by atoms with Crippen LogP contribution < -0.4 is 10.6 Å². The van der Waals surface area contributed by atoms with Crippen molar-refractivity contribution in [3.8, 4) is 0 Å². The van der Waals surface area contributed by atoms with Crippen LogP contribution in [0.3, 0.4) is 0 Å². The number of carbonyl (C=O) groups excluding carboxylic acids is 2. The molecule has 2 amide bonds. The highest BCUT2D eigenvalue weighted by atomic mass is 35.5. The minimum atomic E-state index is -0.314. The summed E-state index contributed by atoms with van der Waals surface area (Å²) in [6, 6.07) is 5.18. The van der Waals surface area contributed by atoms with Gasteiger partial charge in [-0.05, 0) is 19.1 Å². The van der Waals surface area contributed by atoms with Crippen LogP contribution in [0.15, 0.2) is 18.2 Å². The lowest BCUT2D eigenvalue weighted by Crippen LogP contribution is -2.44. The van der Waals surface area contributed by atoms with E-state index in [4.69, 9.17) is 23.2 Å². The van der Waals surface area contributed by atoms with Crippen LogP contribution in [0.25, 0.3) is 0 Å². The molecule has 0 spiro atoms. The number of likely N-dealkylation sites (N-methyl/N-ethyl adjacent to an activating group) is 1. The molecule has 25 heavy (non-hydrogen) atoms. The van der Waals surface area contributed by atoms with Crippen molar-refractivity contribution in [2.24, 2.45) is 0 Å². The lowest BCUT2D eigenvalue weighted by Gasteiger charge is -2.26. The van der Waals surface area contributed by atoms with E-state index >= 15 is 0 Å². The van der Waals surface area contributed by atoms with Crippen molar-refractivity contribution in [1.29, 1.82) is 0 Å². The van der Waals surface area contributed by atoms with Crippen LogP contribution in [-0.2, 0) is 9.59 Å². The van der Waals surface area contributed by atoms with Crippen LogP contribution >= 0.6 is 47.4 Å². The van der Waals surface area contributed by atoms with Crippen LogP contribution in [-0.4, -0.2) is 53.9 Å². The van der Waals surface area contributed by atoms with Gasteiger partial charge in [-0.15, -0.1) is 12.4 Å². The summed E-state index contributed by atoms with van der Waals surface area (Å²) < 4.78 is 0. The summed E-state index contributed by atoms with van der Waals surface area (Å²) in [6.07, 6.45) is 0.404. The summed E-state index contributed by atoms with van der Waals surface area (Å²) in [6.45, 7) is 3.23. The van der Waals surface area contributed by atoms with Gasteiger partial charge < -0.3 is 15.5 Å². The summed E-state index contributed by atoms with van der Waals surface area (Å²) in [7, 11) is 0. The fraction of sp³-hybridized carbons (Fsp3) is 0.500. The summed E-state index contributed by atoms with van der Waals surface area (Å²) in [5.41, 5.74) is 0.375. The Morgan fingerprint density at radius 3 is 2.60 bits per heavy atom. The van der Waals surface area contributed by atoms with Crippen molar-refractivity contribution in [1.82, 2.24) is 10.2 Å². The second kappa shape index (κ2) is 11.1. The normalized spacial score (nSPS) is 16.7. The molecule has 1 aliphatic heterocycles. The monoisotopic (exact) mass is 425 g/mol. The number of nitrogens with one attached hydrogen (secondary N) is 2. The minimum absolute atomic E-state index is 0. The first-order valence-electron chi connectivity index (χ1n) is 7.84. The number of nitrogens with zero attached hydrogens (tertiary/aromatic N) is 1. The van der Waals surface area contributed by atoms with E-state index in [1.54, 1.807) is 23.1 Å². The Kier molecular flexibility index (Phi) is 9.97. The third-order valence-electron chi connectivity index (χ3n) is 3.72. The van der Waals surface area contributed by atoms with Gasteiger partial charge in [-0.3, -0.25) is 9.59 Å².